The molecule has 0 aromatic heterocycles. The number of fused-ring (bicyclic) bond motifs is 1. The van der Waals surface area contributed by atoms with Crippen LogP contribution in [0.15, 0.2) is 58.1 Å². The molecule has 4 rings (SSSR count). The smallest absolute Gasteiger partial charge is 0.355 e. The third kappa shape index (κ3) is 2.78. The van der Waals surface area contributed by atoms with Crippen molar-refractivity contribution >= 4 is 45.1 Å². The highest BCUT2D eigenvalue weighted by Crippen LogP contribution is 2.46. The Morgan fingerprint density at radius 1 is 1.21 bits per heavy atom. The number of nitrogens with zero attached hydrogens (tertiary/aromatic N) is 2. The van der Waals surface area contributed by atoms with Crippen molar-refractivity contribution in [1.82, 2.24) is 5.43 Å². The van der Waals surface area contributed by atoms with E-state index in [1.165, 1.54) is 0 Å². The van der Waals surface area contributed by atoms with Crippen molar-refractivity contribution in [3.8, 4) is 0 Å². The number of carbonyl (C=O) groups is 3. The first kappa shape index (κ1) is 19.3. The fourth-order valence-electron chi connectivity index (χ4n) is 3.76. The quantitative estimate of drug-likeness (QED) is 0.565. The average Bonchev–Trinajstić information content (AvgIpc) is 3.20. The molecule has 0 bridgehead atoms. The molecule has 2 aromatic carbocycles. The summed E-state index contributed by atoms with van der Waals surface area (Å²) < 4.78 is 5.67. The van der Waals surface area contributed by atoms with Crippen LogP contribution in [-0.4, -0.2) is 30.1 Å². The molecule has 0 aliphatic carbocycles. The lowest BCUT2D eigenvalue weighted by Gasteiger charge is -2.26. The lowest BCUT2D eigenvalue weighted by molar-refractivity contribution is -0.136. The van der Waals surface area contributed by atoms with E-state index < -0.39 is 29.2 Å². The summed E-state index contributed by atoms with van der Waals surface area (Å²) in [6.07, 6.45) is 0. The zero-order valence-electron chi connectivity index (χ0n) is 15.8. The monoisotopic (exact) mass is 455 g/mol. The molecular weight excluding hydrogens is 438 g/mol. The molecule has 2 heterocycles. The van der Waals surface area contributed by atoms with Crippen LogP contribution < -0.4 is 10.3 Å². The van der Waals surface area contributed by atoms with Crippen LogP contribution in [0.4, 0.5) is 5.69 Å². The van der Waals surface area contributed by atoms with E-state index in [9.17, 15) is 14.4 Å². The number of hydrogen-bond donors (Lipinski definition) is 1. The number of hydrogen-bond acceptors (Lipinski definition) is 6. The minimum absolute atomic E-state index is 0.0969. The van der Waals surface area contributed by atoms with Crippen LogP contribution >= 0.6 is 15.9 Å². The lowest BCUT2D eigenvalue weighted by Crippen LogP contribution is -2.48. The average molecular weight is 456 g/mol. The van der Waals surface area contributed by atoms with Gasteiger partial charge in [-0.3, -0.25) is 15.0 Å². The van der Waals surface area contributed by atoms with Gasteiger partial charge in [-0.05, 0) is 47.5 Å². The van der Waals surface area contributed by atoms with Crippen LogP contribution in [0.25, 0.3) is 0 Å². The number of nitrogens with one attached hydrogen (secondary N) is 1. The topological polar surface area (TPSA) is 88.1 Å². The molecule has 29 heavy (non-hydrogen) atoms. The summed E-state index contributed by atoms with van der Waals surface area (Å²) in [6, 6.07) is 14.2. The molecule has 1 saturated heterocycles. The van der Waals surface area contributed by atoms with Crippen molar-refractivity contribution in [1.29, 1.82) is 0 Å². The van der Waals surface area contributed by atoms with Gasteiger partial charge in [0.15, 0.2) is 11.3 Å². The summed E-state index contributed by atoms with van der Waals surface area (Å²) in [6.45, 7) is 3.73. The Kier molecular flexibility index (Phi) is 4.74. The Morgan fingerprint density at radius 2 is 1.90 bits per heavy atom. The minimum Gasteiger partial charge on any atom is -0.461 e. The summed E-state index contributed by atoms with van der Waals surface area (Å²) in [7, 11) is 0. The van der Waals surface area contributed by atoms with Gasteiger partial charge in [0.05, 0.1) is 12.3 Å². The number of halogens is 1. The molecule has 0 radical (unpaired) electrons. The van der Waals surface area contributed by atoms with E-state index in [-0.39, 0.29) is 12.3 Å². The number of esters is 1. The molecule has 0 spiro atoms. The maximum Gasteiger partial charge on any atom is 0.355 e. The molecule has 148 valence electrons. The second-order valence-electron chi connectivity index (χ2n) is 6.87. The highest BCUT2D eigenvalue weighted by molar-refractivity contribution is 9.10. The van der Waals surface area contributed by atoms with E-state index in [0.717, 1.165) is 10.5 Å². The van der Waals surface area contributed by atoms with Crippen LogP contribution in [0, 0.1) is 12.8 Å². The van der Waals surface area contributed by atoms with Crippen molar-refractivity contribution < 1.29 is 19.1 Å². The van der Waals surface area contributed by atoms with Gasteiger partial charge >= 0.3 is 5.97 Å². The van der Waals surface area contributed by atoms with Crippen LogP contribution in [-0.2, 0) is 24.7 Å². The molecular formula is C21H18BrN3O4. The van der Waals surface area contributed by atoms with E-state index in [2.05, 4.69) is 26.5 Å². The second kappa shape index (κ2) is 7.11. The summed E-state index contributed by atoms with van der Waals surface area (Å²) in [4.78, 5) is 40.8. The van der Waals surface area contributed by atoms with Crippen molar-refractivity contribution in [2.45, 2.75) is 19.4 Å². The fraction of sp³-hybridized carbons (Fsp3) is 0.238. The minimum atomic E-state index is -1.50. The van der Waals surface area contributed by atoms with Crippen molar-refractivity contribution in [3.63, 3.8) is 0 Å². The number of benzene rings is 2. The molecule has 1 fully saturated rings. The maximum atomic E-state index is 13.7. The standard InChI is InChI=1S/C21H18BrN3O4/c1-3-29-19(27)17-16-18(26)25(15-7-5-4-6-14(15)22)20(28)21(16,24-23-17)13-10-8-12(2)9-11-13/h4-11,16,24H,3H2,1-2H3/t16-,21+/m0/s1. The largest absolute Gasteiger partial charge is 0.461 e. The van der Waals surface area contributed by atoms with Gasteiger partial charge < -0.3 is 4.74 Å². The zero-order chi connectivity index (χ0) is 20.8. The molecule has 0 unspecified atom stereocenters. The SMILES string of the molecule is CCOC(=O)C1=NN[C@@]2(c3ccc(C)cc3)C(=O)N(c3ccccc3Br)C(=O)[C@H]12. The lowest BCUT2D eigenvalue weighted by atomic mass is 9.78. The number of ether oxygens (including phenoxy) is 1. The number of rotatable bonds is 4. The van der Waals surface area contributed by atoms with Crippen LogP contribution in [0.3, 0.4) is 0 Å². The number of imide groups is 1. The van der Waals surface area contributed by atoms with E-state index in [1.54, 1.807) is 43.3 Å². The van der Waals surface area contributed by atoms with E-state index in [0.29, 0.717) is 15.7 Å². The predicted molar refractivity (Wildman–Crippen MR) is 110 cm³/mol. The first-order valence-corrected chi connectivity index (χ1v) is 9.93. The third-order valence-corrected chi connectivity index (χ3v) is 5.82. The number of hydrazone groups is 1. The van der Waals surface area contributed by atoms with Gasteiger partial charge in [-0.25, -0.2) is 9.69 Å². The Balaban J connectivity index is 1.89. The highest BCUT2D eigenvalue weighted by Gasteiger charge is 2.67. The highest BCUT2D eigenvalue weighted by atomic mass is 79.9. The normalized spacial score (nSPS) is 22.9. The molecule has 2 atom stereocenters. The summed E-state index contributed by atoms with van der Waals surface area (Å²) in [5.74, 6) is -2.86. The molecule has 2 amide bonds. The van der Waals surface area contributed by atoms with Crippen LogP contribution in [0.5, 0.6) is 0 Å². The van der Waals surface area contributed by atoms with Gasteiger partial charge in [0.25, 0.3) is 5.91 Å². The Bertz CT molecular complexity index is 1050. The Labute approximate surface area is 175 Å². The van der Waals surface area contributed by atoms with Gasteiger partial charge in [-0.1, -0.05) is 42.0 Å². The number of amides is 2. The van der Waals surface area contributed by atoms with E-state index in [1.807, 2.05) is 19.1 Å². The van der Waals surface area contributed by atoms with Crippen LogP contribution in [0.2, 0.25) is 0 Å². The third-order valence-electron chi connectivity index (χ3n) is 5.15. The molecule has 2 aliphatic rings. The van der Waals surface area contributed by atoms with Gasteiger partial charge in [0.1, 0.15) is 5.92 Å². The summed E-state index contributed by atoms with van der Waals surface area (Å²) in [5.41, 5.74) is 3.20. The Morgan fingerprint density at radius 3 is 2.55 bits per heavy atom. The first-order chi connectivity index (χ1) is 13.9. The molecule has 0 saturated carbocycles. The van der Waals surface area contributed by atoms with E-state index >= 15 is 0 Å². The van der Waals surface area contributed by atoms with Gasteiger partial charge in [0, 0.05) is 4.47 Å². The predicted octanol–water partition coefficient (Wildman–Crippen LogP) is 2.66. The first-order valence-electron chi connectivity index (χ1n) is 9.13. The maximum absolute atomic E-state index is 13.7. The zero-order valence-corrected chi connectivity index (χ0v) is 17.4. The summed E-state index contributed by atoms with van der Waals surface area (Å²) >= 11 is 3.41. The van der Waals surface area contributed by atoms with Crippen molar-refractivity contribution in [2.24, 2.45) is 11.0 Å². The van der Waals surface area contributed by atoms with Gasteiger partial charge in [-0.15, -0.1) is 0 Å². The van der Waals surface area contributed by atoms with Crippen molar-refractivity contribution in [3.05, 3.63) is 64.1 Å². The Hall–Kier alpha value is -3.00. The molecule has 8 heteroatoms. The van der Waals surface area contributed by atoms with E-state index in [4.69, 9.17) is 4.74 Å². The number of anilines is 1. The van der Waals surface area contributed by atoms with Crippen molar-refractivity contribution in [2.75, 3.05) is 11.5 Å². The number of para-hydroxylation sites is 1. The molecule has 2 aliphatic heterocycles. The number of aryl methyl sites for hydroxylation is 1. The number of carbonyl (C=O) groups excluding carboxylic acids is 3. The summed E-state index contributed by atoms with van der Waals surface area (Å²) in [5, 5.41) is 4.07. The second-order valence-corrected chi connectivity index (χ2v) is 7.72. The molecule has 1 N–H and O–H groups in total. The fourth-order valence-corrected chi connectivity index (χ4v) is 4.22. The van der Waals surface area contributed by atoms with Gasteiger partial charge in [-0.2, -0.15) is 5.10 Å². The molecule has 2 aromatic rings. The van der Waals surface area contributed by atoms with Gasteiger partial charge in [0.2, 0.25) is 5.91 Å². The van der Waals surface area contributed by atoms with Crippen LogP contribution in [0.1, 0.15) is 18.1 Å². The molecule has 7 nitrogen and oxygen atoms in total.